The first-order chi connectivity index (χ1) is 12.5. The summed E-state index contributed by atoms with van der Waals surface area (Å²) in [6.45, 7) is 3.72. The van der Waals surface area contributed by atoms with Gasteiger partial charge in [0.25, 0.3) is 0 Å². The second kappa shape index (κ2) is 9.65. The van der Waals surface area contributed by atoms with Gasteiger partial charge in [0.05, 0.1) is 0 Å². The van der Waals surface area contributed by atoms with Crippen molar-refractivity contribution in [1.82, 2.24) is 15.5 Å². The van der Waals surface area contributed by atoms with E-state index >= 15 is 0 Å². The minimum atomic E-state index is -0.248. The second-order valence-electron chi connectivity index (χ2n) is 6.26. The molecule has 0 unspecified atom stereocenters. The van der Waals surface area contributed by atoms with Gasteiger partial charge in [-0.25, -0.2) is 9.59 Å². The van der Waals surface area contributed by atoms with Crippen LogP contribution in [0.15, 0.2) is 24.3 Å². The van der Waals surface area contributed by atoms with E-state index in [-0.39, 0.29) is 23.9 Å². The summed E-state index contributed by atoms with van der Waals surface area (Å²) in [6, 6.07) is 6.53. The van der Waals surface area contributed by atoms with E-state index in [4.69, 9.17) is 0 Å². The molecular weight excluding hydrogens is 334 g/mol. The van der Waals surface area contributed by atoms with Gasteiger partial charge in [0.15, 0.2) is 0 Å². The summed E-state index contributed by atoms with van der Waals surface area (Å²) in [5, 5.41) is 11.0. The molecule has 0 aliphatic carbocycles. The molecule has 142 valence electrons. The molecule has 0 spiro atoms. The fourth-order valence-electron chi connectivity index (χ4n) is 2.80. The highest BCUT2D eigenvalue weighted by atomic mass is 16.2. The van der Waals surface area contributed by atoms with E-state index in [1.165, 1.54) is 0 Å². The SMILES string of the molecule is CCCNC(=O)Nc1ccc(NC(=O)N2CCC(C(=O)NC)CC2)cc1. The summed E-state index contributed by atoms with van der Waals surface area (Å²) in [7, 11) is 1.63. The van der Waals surface area contributed by atoms with Gasteiger partial charge in [-0.3, -0.25) is 4.79 Å². The Balaban J connectivity index is 1.80. The predicted molar refractivity (Wildman–Crippen MR) is 101 cm³/mol. The molecule has 0 aromatic heterocycles. The van der Waals surface area contributed by atoms with Crippen LogP contribution in [-0.4, -0.2) is 49.6 Å². The number of hydrogen-bond donors (Lipinski definition) is 4. The molecule has 0 radical (unpaired) electrons. The smallest absolute Gasteiger partial charge is 0.321 e. The molecule has 5 amide bonds. The largest absolute Gasteiger partial charge is 0.359 e. The molecule has 26 heavy (non-hydrogen) atoms. The number of hydrogen-bond acceptors (Lipinski definition) is 3. The first kappa shape index (κ1) is 19.6. The number of benzene rings is 1. The Morgan fingerprint density at radius 2 is 1.62 bits per heavy atom. The molecular formula is C18H27N5O3. The lowest BCUT2D eigenvalue weighted by molar-refractivity contribution is -0.125. The summed E-state index contributed by atoms with van der Waals surface area (Å²) in [4.78, 5) is 37.3. The monoisotopic (exact) mass is 361 g/mol. The number of carbonyl (C=O) groups excluding carboxylic acids is 3. The molecule has 1 heterocycles. The van der Waals surface area contributed by atoms with Crippen LogP contribution in [-0.2, 0) is 4.79 Å². The maximum absolute atomic E-state index is 12.3. The zero-order valence-corrected chi connectivity index (χ0v) is 15.3. The summed E-state index contributed by atoms with van der Waals surface area (Å²) in [6.07, 6.45) is 2.21. The Bertz CT molecular complexity index is 624. The van der Waals surface area contributed by atoms with E-state index < -0.39 is 0 Å². The molecule has 4 N–H and O–H groups in total. The van der Waals surface area contributed by atoms with Gasteiger partial charge < -0.3 is 26.2 Å². The van der Waals surface area contributed by atoms with Crippen molar-refractivity contribution in [2.45, 2.75) is 26.2 Å². The number of urea groups is 2. The van der Waals surface area contributed by atoms with Crippen molar-refractivity contribution in [2.75, 3.05) is 37.3 Å². The third-order valence-electron chi connectivity index (χ3n) is 4.33. The van der Waals surface area contributed by atoms with Crippen LogP contribution in [0.2, 0.25) is 0 Å². The van der Waals surface area contributed by atoms with Gasteiger partial charge in [-0.05, 0) is 43.5 Å². The number of anilines is 2. The maximum Gasteiger partial charge on any atom is 0.321 e. The van der Waals surface area contributed by atoms with Gasteiger partial charge in [-0.2, -0.15) is 0 Å². The van der Waals surface area contributed by atoms with E-state index in [0.717, 1.165) is 6.42 Å². The molecule has 0 saturated carbocycles. The van der Waals surface area contributed by atoms with Gasteiger partial charge in [-0.1, -0.05) is 6.92 Å². The Hall–Kier alpha value is -2.77. The molecule has 1 aromatic rings. The normalized spacial score (nSPS) is 14.5. The third-order valence-corrected chi connectivity index (χ3v) is 4.33. The lowest BCUT2D eigenvalue weighted by Crippen LogP contribution is -2.44. The fourth-order valence-corrected chi connectivity index (χ4v) is 2.80. The zero-order valence-electron chi connectivity index (χ0n) is 15.3. The lowest BCUT2D eigenvalue weighted by Gasteiger charge is -2.31. The summed E-state index contributed by atoms with van der Waals surface area (Å²) < 4.78 is 0. The highest BCUT2D eigenvalue weighted by Gasteiger charge is 2.26. The number of nitrogens with one attached hydrogen (secondary N) is 4. The number of rotatable bonds is 5. The molecule has 8 heteroatoms. The highest BCUT2D eigenvalue weighted by Crippen LogP contribution is 2.19. The quantitative estimate of drug-likeness (QED) is 0.646. The molecule has 1 saturated heterocycles. The van der Waals surface area contributed by atoms with Crippen LogP contribution in [0.3, 0.4) is 0 Å². The van der Waals surface area contributed by atoms with Gasteiger partial charge >= 0.3 is 12.1 Å². The Morgan fingerprint density at radius 1 is 1.04 bits per heavy atom. The Labute approximate surface area is 153 Å². The van der Waals surface area contributed by atoms with Gasteiger partial charge in [0.1, 0.15) is 0 Å². The molecule has 1 fully saturated rings. The minimum Gasteiger partial charge on any atom is -0.359 e. The number of amides is 5. The highest BCUT2D eigenvalue weighted by molar-refractivity contribution is 5.91. The van der Waals surface area contributed by atoms with Crippen molar-refractivity contribution in [3.63, 3.8) is 0 Å². The van der Waals surface area contributed by atoms with Crippen molar-refractivity contribution in [3.8, 4) is 0 Å². The van der Waals surface area contributed by atoms with E-state index in [2.05, 4.69) is 21.3 Å². The molecule has 2 rings (SSSR count). The van der Waals surface area contributed by atoms with Crippen LogP contribution in [0, 0.1) is 5.92 Å². The van der Waals surface area contributed by atoms with Gasteiger partial charge in [0, 0.05) is 44.0 Å². The first-order valence-electron chi connectivity index (χ1n) is 8.96. The van der Waals surface area contributed by atoms with Crippen LogP contribution in [0.4, 0.5) is 21.0 Å². The maximum atomic E-state index is 12.3. The van der Waals surface area contributed by atoms with Crippen LogP contribution in [0.25, 0.3) is 0 Å². The average molecular weight is 361 g/mol. The molecule has 1 aliphatic rings. The van der Waals surface area contributed by atoms with Crippen molar-refractivity contribution in [3.05, 3.63) is 24.3 Å². The average Bonchev–Trinajstić information content (AvgIpc) is 2.67. The van der Waals surface area contributed by atoms with Gasteiger partial charge in [-0.15, -0.1) is 0 Å². The van der Waals surface area contributed by atoms with Crippen LogP contribution in [0.1, 0.15) is 26.2 Å². The number of carbonyl (C=O) groups is 3. The second-order valence-corrected chi connectivity index (χ2v) is 6.26. The van der Waals surface area contributed by atoms with E-state index in [0.29, 0.717) is 43.9 Å². The van der Waals surface area contributed by atoms with Crippen molar-refractivity contribution in [2.24, 2.45) is 5.92 Å². The van der Waals surface area contributed by atoms with E-state index in [9.17, 15) is 14.4 Å². The molecule has 1 aliphatic heterocycles. The minimum absolute atomic E-state index is 0.0201. The standard InChI is InChI=1S/C18H27N5O3/c1-3-10-20-17(25)21-14-4-6-15(7-5-14)22-18(26)23-11-8-13(9-12-23)16(24)19-2/h4-7,13H,3,8-12H2,1-2H3,(H,19,24)(H,22,26)(H2,20,21,25). The van der Waals surface area contributed by atoms with Crippen LogP contribution >= 0.6 is 0 Å². The molecule has 8 nitrogen and oxygen atoms in total. The van der Waals surface area contributed by atoms with Crippen LogP contribution in [0.5, 0.6) is 0 Å². The molecule has 0 bridgehead atoms. The Morgan fingerprint density at radius 3 is 2.15 bits per heavy atom. The van der Waals surface area contributed by atoms with Gasteiger partial charge in [0.2, 0.25) is 5.91 Å². The first-order valence-corrected chi connectivity index (χ1v) is 8.96. The van der Waals surface area contributed by atoms with E-state index in [1.54, 1.807) is 36.2 Å². The predicted octanol–water partition coefficient (Wildman–Crippen LogP) is 2.21. The van der Waals surface area contributed by atoms with E-state index in [1.807, 2.05) is 6.92 Å². The fraction of sp³-hybridized carbons (Fsp3) is 0.500. The molecule has 0 atom stereocenters. The number of nitrogens with zero attached hydrogens (tertiary/aromatic N) is 1. The zero-order chi connectivity index (χ0) is 18.9. The summed E-state index contributed by atoms with van der Waals surface area (Å²) >= 11 is 0. The van der Waals surface area contributed by atoms with Crippen molar-refractivity contribution in [1.29, 1.82) is 0 Å². The summed E-state index contributed by atoms with van der Waals surface area (Å²) in [5.41, 5.74) is 1.31. The topological polar surface area (TPSA) is 103 Å². The summed E-state index contributed by atoms with van der Waals surface area (Å²) in [5.74, 6) is 0.0179. The van der Waals surface area contributed by atoms with Crippen molar-refractivity contribution < 1.29 is 14.4 Å². The lowest BCUT2D eigenvalue weighted by atomic mass is 9.96. The Kier molecular flexibility index (Phi) is 7.25. The molecule has 1 aromatic carbocycles. The van der Waals surface area contributed by atoms with Crippen molar-refractivity contribution >= 4 is 29.3 Å². The number of piperidine rings is 1. The number of likely N-dealkylation sites (tertiary alicyclic amines) is 1. The van der Waals surface area contributed by atoms with Crippen LogP contribution < -0.4 is 21.3 Å². The third kappa shape index (κ3) is 5.65.